The highest BCUT2D eigenvalue weighted by atomic mass is 35.5. The van der Waals surface area contributed by atoms with Gasteiger partial charge in [-0.15, -0.1) is 0 Å². The Labute approximate surface area is 186 Å². The van der Waals surface area contributed by atoms with Crippen molar-refractivity contribution >= 4 is 38.8 Å². The number of carbonyl (C=O) groups excluding carboxylic acids is 1. The maximum Gasteiger partial charge on any atom is 0.423 e. The number of carbonyl (C=O) groups is 1. The molecular formula is C18H17Cl2F3N4O3S. The number of aliphatic hydroxyl groups is 1. The monoisotopic (exact) mass is 496 g/mol. The first-order chi connectivity index (χ1) is 14.3. The number of nitrogens with two attached hydrogens (primary N) is 1. The van der Waals surface area contributed by atoms with Crippen LogP contribution in [0.2, 0.25) is 10.0 Å². The van der Waals surface area contributed by atoms with E-state index in [9.17, 15) is 27.3 Å². The fourth-order valence-electron chi connectivity index (χ4n) is 2.96. The van der Waals surface area contributed by atoms with Crippen molar-refractivity contribution in [3.8, 4) is 11.3 Å². The van der Waals surface area contributed by atoms with E-state index in [1.165, 1.54) is 18.2 Å². The molecule has 3 atom stereocenters. The molecule has 0 bridgehead atoms. The lowest BCUT2D eigenvalue weighted by molar-refractivity contribution is -0.269. The summed E-state index contributed by atoms with van der Waals surface area (Å²) in [6.45, 7) is 0. The first kappa shape index (κ1) is 23.9. The third kappa shape index (κ3) is 5.01. The summed E-state index contributed by atoms with van der Waals surface area (Å²) in [4.78, 5) is 19.3. The summed E-state index contributed by atoms with van der Waals surface area (Å²) in [5.74, 6) is -1.61. The van der Waals surface area contributed by atoms with Gasteiger partial charge in [0.15, 0.2) is 0 Å². The molecular weight excluding hydrogens is 480 g/mol. The largest absolute Gasteiger partial charge is 0.423 e. The highest BCUT2D eigenvalue weighted by Crippen LogP contribution is 2.41. The Morgan fingerprint density at radius 2 is 1.94 bits per heavy atom. The summed E-state index contributed by atoms with van der Waals surface area (Å²) in [5, 5.41) is 11.1. The predicted octanol–water partition coefficient (Wildman–Crippen LogP) is 3.32. The number of benzene rings is 1. The van der Waals surface area contributed by atoms with Crippen molar-refractivity contribution in [3.63, 3.8) is 0 Å². The number of nitrogens with zero attached hydrogens (tertiary/aromatic N) is 3. The SMILES string of the molecule is N[C@H]1CCS(=O)(CCC(O)(c2cnc(-c3ccc(Cl)cc3Cl)cn2)C(F)(F)F)=NC1=O. The highest BCUT2D eigenvalue weighted by Gasteiger charge is 2.56. The first-order valence-corrected chi connectivity index (χ1v) is 11.5. The van der Waals surface area contributed by atoms with Gasteiger partial charge >= 0.3 is 6.18 Å². The maximum atomic E-state index is 13.8. The molecule has 7 nitrogen and oxygen atoms in total. The molecule has 1 aromatic carbocycles. The van der Waals surface area contributed by atoms with Crippen LogP contribution in [0.4, 0.5) is 13.2 Å². The topological polar surface area (TPSA) is 119 Å². The lowest BCUT2D eigenvalue weighted by Crippen LogP contribution is -2.45. The molecule has 1 amide bonds. The van der Waals surface area contributed by atoms with E-state index in [1.54, 1.807) is 0 Å². The summed E-state index contributed by atoms with van der Waals surface area (Å²) in [5.41, 5.74) is 1.83. The second kappa shape index (κ2) is 8.62. The van der Waals surface area contributed by atoms with Crippen molar-refractivity contribution in [2.24, 2.45) is 10.1 Å². The number of hydrogen-bond donors (Lipinski definition) is 2. The second-order valence-corrected chi connectivity index (χ2v) is 10.4. The van der Waals surface area contributed by atoms with Crippen LogP contribution in [0.3, 0.4) is 0 Å². The minimum atomic E-state index is -5.15. The summed E-state index contributed by atoms with van der Waals surface area (Å²) in [7, 11) is -3.28. The zero-order valence-electron chi connectivity index (χ0n) is 15.8. The van der Waals surface area contributed by atoms with Gasteiger partial charge in [-0.05, 0) is 24.6 Å². The van der Waals surface area contributed by atoms with Crippen LogP contribution in [-0.2, 0) is 20.1 Å². The fraction of sp³-hybridized carbons (Fsp3) is 0.389. The third-order valence-electron chi connectivity index (χ3n) is 4.86. The van der Waals surface area contributed by atoms with Gasteiger partial charge in [0.05, 0.1) is 44.6 Å². The molecule has 1 aliphatic heterocycles. The van der Waals surface area contributed by atoms with Crippen LogP contribution < -0.4 is 5.73 Å². The van der Waals surface area contributed by atoms with Gasteiger partial charge in [-0.1, -0.05) is 23.2 Å². The molecule has 31 heavy (non-hydrogen) atoms. The van der Waals surface area contributed by atoms with Gasteiger partial charge < -0.3 is 10.8 Å². The molecule has 3 rings (SSSR count). The summed E-state index contributed by atoms with van der Waals surface area (Å²) in [6.07, 6.45) is -4.31. The van der Waals surface area contributed by atoms with Crippen LogP contribution in [0.5, 0.6) is 0 Å². The van der Waals surface area contributed by atoms with Crippen LogP contribution in [0.1, 0.15) is 18.5 Å². The third-order valence-corrected chi connectivity index (χ3v) is 7.63. The van der Waals surface area contributed by atoms with E-state index in [0.717, 1.165) is 12.4 Å². The van der Waals surface area contributed by atoms with E-state index in [2.05, 4.69) is 14.3 Å². The van der Waals surface area contributed by atoms with Gasteiger partial charge in [-0.2, -0.15) is 17.5 Å². The number of halogens is 5. The van der Waals surface area contributed by atoms with Gasteiger partial charge in [0.25, 0.3) is 5.91 Å². The minimum Gasteiger partial charge on any atom is -0.375 e. The Bertz CT molecular complexity index is 1120. The Morgan fingerprint density at radius 3 is 2.48 bits per heavy atom. The lowest BCUT2D eigenvalue weighted by atomic mass is 9.96. The van der Waals surface area contributed by atoms with Crippen LogP contribution in [-0.4, -0.2) is 48.9 Å². The van der Waals surface area contributed by atoms with Gasteiger partial charge in [0.2, 0.25) is 5.60 Å². The predicted molar refractivity (Wildman–Crippen MR) is 110 cm³/mol. The average Bonchev–Trinajstić information content (AvgIpc) is 2.69. The van der Waals surface area contributed by atoms with Gasteiger partial charge in [-0.25, -0.2) is 4.21 Å². The standard InChI is InChI=1S/C18H17Cl2F3N4O3S/c19-10-1-2-11(12(20)7-10)14-8-26-15(9-25-14)17(29,18(21,22)23)4-6-31(30)5-3-13(24)16(28)27-31/h1-2,7-9,13,29H,3-6,24H2/t13-,17?,31?/m0/s1. The number of rotatable bonds is 5. The normalized spacial score (nSPS) is 23.8. The van der Waals surface area contributed by atoms with Crippen molar-refractivity contribution in [1.82, 2.24) is 9.97 Å². The number of amides is 1. The van der Waals surface area contributed by atoms with Crippen molar-refractivity contribution in [1.29, 1.82) is 0 Å². The molecule has 0 aliphatic carbocycles. The van der Waals surface area contributed by atoms with E-state index in [1.807, 2.05) is 0 Å². The Kier molecular flexibility index (Phi) is 6.64. The van der Waals surface area contributed by atoms with Crippen LogP contribution in [0.15, 0.2) is 35.0 Å². The van der Waals surface area contributed by atoms with E-state index in [4.69, 9.17) is 28.9 Å². The molecule has 0 radical (unpaired) electrons. The first-order valence-electron chi connectivity index (χ1n) is 8.94. The van der Waals surface area contributed by atoms with E-state index < -0.39 is 51.3 Å². The fourth-order valence-corrected chi connectivity index (χ4v) is 5.55. The quantitative estimate of drug-likeness (QED) is 0.655. The highest BCUT2D eigenvalue weighted by molar-refractivity contribution is 7.93. The van der Waals surface area contributed by atoms with Crippen molar-refractivity contribution in [2.75, 3.05) is 11.5 Å². The molecule has 168 valence electrons. The zero-order chi connectivity index (χ0) is 23.0. The summed E-state index contributed by atoms with van der Waals surface area (Å²) >= 11 is 11.9. The van der Waals surface area contributed by atoms with Crippen molar-refractivity contribution in [2.45, 2.75) is 30.7 Å². The molecule has 1 aromatic heterocycles. The van der Waals surface area contributed by atoms with Gasteiger partial charge in [0.1, 0.15) is 0 Å². The molecule has 0 saturated carbocycles. The molecule has 0 spiro atoms. The molecule has 3 N–H and O–H groups in total. The van der Waals surface area contributed by atoms with Crippen LogP contribution in [0.25, 0.3) is 11.3 Å². The van der Waals surface area contributed by atoms with Crippen molar-refractivity contribution in [3.05, 3.63) is 46.3 Å². The zero-order valence-corrected chi connectivity index (χ0v) is 18.1. The Morgan fingerprint density at radius 1 is 1.23 bits per heavy atom. The molecule has 1 aliphatic rings. The molecule has 2 aromatic rings. The molecule has 0 fully saturated rings. The summed E-state index contributed by atoms with van der Waals surface area (Å²) in [6, 6.07) is 3.58. The van der Waals surface area contributed by atoms with E-state index in [-0.39, 0.29) is 22.9 Å². The number of aromatic nitrogens is 2. The maximum absolute atomic E-state index is 13.8. The van der Waals surface area contributed by atoms with E-state index in [0.29, 0.717) is 10.6 Å². The molecule has 0 saturated heterocycles. The van der Waals surface area contributed by atoms with Gasteiger partial charge in [0, 0.05) is 28.5 Å². The Hall–Kier alpha value is -1.79. The van der Waals surface area contributed by atoms with Crippen LogP contribution in [0, 0.1) is 0 Å². The van der Waals surface area contributed by atoms with Gasteiger partial charge in [-0.3, -0.25) is 14.8 Å². The molecule has 2 heterocycles. The van der Waals surface area contributed by atoms with E-state index >= 15 is 0 Å². The second-order valence-electron chi connectivity index (χ2n) is 7.02. The smallest absolute Gasteiger partial charge is 0.375 e. The summed E-state index contributed by atoms with van der Waals surface area (Å²) < 4.78 is 57.5. The molecule has 2 unspecified atom stereocenters. The lowest BCUT2D eigenvalue weighted by Gasteiger charge is -2.30. The molecule has 13 heteroatoms. The van der Waals surface area contributed by atoms with Crippen LogP contribution >= 0.6 is 23.2 Å². The number of alkyl halides is 3. The average molecular weight is 497 g/mol. The minimum absolute atomic E-state index is 0.0436. The van der Waals surface area contributed by atoms with Crippen molar-refractivity contribution < 1.29 is 27.3 Å². The number of hydrogen-bond acceptors (Lipinski definition) is 6. The Balaban J connectivity index is 1.91.